The lowest BCUT2D eigenvalue weighted by Gasteiger charge is -2.32. The highest BCUT2D eigenvalue weighted by atomic mass is 16.3. The minimum Gasteiger partial charge on any atom is -0.456 e. The van der Waals surface area contributed by atoms with Crippen molar-refractivity contribution in [1.29, 1.82) is 0 Å². The molecule has 0 bridgehead atoms. The SMILES string of the molecule is CC1(C)CC(C)(C)c2c1cc1c(c2-c2c3cccc4oc5cccc6oc7cccc2c7c(c43)-c56)C(C)(C)CC1(C)C. The van der Waals surface area contributed by atoms with Crippen LogP contribution in [-0.4, -0.2) is 0 Å². The highest BCUT2D eigenvalue weighted by molar-refractivity contribution is 6.31. The second-order valence-corrected chi connectivity index (χ2v) is 15.9. The van der Waals surface area contributed by atoms with Gasteiger partial charge in [0.05, 0.1) is 5.56 Å². The van der Waals surface area contributed by atoms with Gasteiger partial charge in [0.1, 0.15) is 22.3 Å². The summed E-state index contributed by atoms with van der Waals surface area (Å²) in [5, 5.41) is 5.00. The number of benzene rings is 5. The first-order valence-electron chi connectivity index (χ1n) is 15.5. The standard InChI is InChI=1S/C40H38O2/c1-37(2)19-39(5,6)35-23(37)18-24-36(40(7,8)20-38(24,3)4)34(35)29-21-12-9-14-25-30(21)33-31-22(29)13-10-15-26(31)42-28-17-11-16-27(41-25)32(28)33/h9-18H,19-20H2,1-8H3. The third-order valence-corrected chi connectivity index (χ3v) is 10.9. The Bertz CT molecular complexity index is 2100. The Labute approximate surface area is 247 Å². The molecule has 5 aromatic rings. The fraction of sp³-hybridized carbons (Fsp3) is 0.350. The molecular weight excluding hydrogens is 512 g/mol. The molecule has 2 nitrogen and oxygen atoms in total. The van der Waals surface area contributed by atoms with Crippen molar-refractivity contribution >= 4 is 43.9 Å². The van der Waals surface area contributed by atoms with Gasteiger partial charge < -0.3 is 8.83 Å². The minimum absolute atomic E-state index is 0.0411. The molecule has 0 aromatic heterocycles. The van der Waals surface area contributed by atoms with Gasteiger partial charge in [-0.1, -0.05) is 91.8 Å². The lowest BCUT2D eigenvalue weighted by molar-refractivity contribution is 0.396. The molecule has 42 heavy (non-hydrogen) atoms. The van der Waals surface area contributed by atoms with E-state index in [9.17, 15) is 0 Å². The van der Waals surface area contributed by atoms with E-state index in [-0.39, 0.29) is 21.7 Å². The van der Waals surface area contributed by atoms with E-state index in [4.69, 9.17) is 8.83 Å². The molecule has 5 aromatic carbocycles. The summed E-state index contributed by atoms with van der Waals surface area (Å²) in [5.41, 5.74) is 15.2. The van der Waals surface area contributed by atoms with Crippen molar-refractivity contribution in [3.63, 3.8) is 0 Å². The largest absolute Gasteiger partial charge is 0.456 e. The summed E-state index contributed by atoms with van der Waals surface area (Å²) in [5.74, 6) is 0. The van der Waals surface area contributed by atoms with Crippen LogP contribution in [0, 0.1) is 0 Å². The maximum Gasteiger partial charge on any atom is 0.139 e. The van der Waals surface area contributed by atoms with Crippen molar-refractivity contribution in [3.05, 3.63) is 82.9 Å². The summed E-state index contributed by atoms with van der Waals surface area (Å²) >= 11 is 0. The molecule has 0 spiro atoms. The fourth-order valence-electron chi connectivity index (χ4n) is 10.1. The summed E-state index contributed by atoms with van der Waals surface area (Å²) in [6.07, 6.45) is 2.28. The van der Waals surface area contributed by atoms with E-state index in [2.05, 4.69) is 110 Å². The van der Waals surface area contributed by atoms with E-state index in [1.165, 1.54) is 49.4 Å². The van der Waals surface area contributed by atoms with E-state index in [0.29, 0.717) is 0 Å². The average molecular weight is 551 g/mol. The van der Waals surface area contributed by atoms with Gasteiger partial charge in [0, 0.05) is 16.3 Å². The van der Waals surface area contributed by atoms with Gasteiger partial charge in [0.15, 0.2) is 0 Å². The average Bonchev–Trinajstić information content (AvgIpc) is 3.23. The molecule has 0 N–H and O–H groups in total. The number of hydrogen-bond donors (Lipinski definition) is 0. The van der Waals surface area contributed by atoms with Crippen LogP contribution in [0.4, 0.5) is 0 Å². The summed E-state index contributed by atoms with van der Waals surface area (Å²) in [7, 11) is 0. The van der Waals surface area contributed by atoms with Crippen LogP contribution >= 0.6 is 0 Å². The van der Waals surface area contributed by atoms with Crippen molar-refractivity contribution in [2.45, 2.75) is 89.9 Å². The molecule has 0 fully saturated rings. The molecule has 0 saturated carbocycles. The molecular formula is C40H38O2. The number of rotatable bonds is 1. The van der Waals surface area contributed by atoms with E-state index >= 15 is 0 Å². The van der Waals surface area contributed by atoms with E-state index < -0.39 is 0 Å². The summed E-state index contributed by atoms with van der Waals surface area (Å²) < 4.78 is 13.3. The van der Waals surface area contributed by atoms with Crippen molar-refractivity contribution in [1.82, 2.24) is 0 Å². The van der Waals surface area contributed by atoms with Crippen LogP contribution in [0.1, 0.15) is 90.5 Å². The predicted molar refractivity (Wildman–Crippen MR) is 176 cm³/mol. The van der Waals surface area contributed by atoms with Crippen LogP contribution in [0.25, 0.3) is 66.1 Å². The van der Waals surface area contributed by atoms with Crippen molar-refractivity contribution in [3.8, 4) is 22.3 Å². The van der Waals surface area contributed by atoms with Gasteiger partial charge in [-0.25, -0.2) is 0 Å². The van der Waals surface area contributed by atoms with Crippen molar-refractivity contribution < 1.29 is 8.83 Å². The summed E-state index contributed by atoms with van der Waals surface area (Å²) in [6.45, 7) is 19.7. The fourth-order valence-corrected chi connectivity index (χ4v) is 10.1. The van der Waals surface area contributed by atoms with Crippen molar-refractivity contribution in [2.75, 3.05) is 0 Å². The molecule has 2 aliphatic carbocycles. The Hall–Kier alpha value is -3.78. The molecule has 0 atom stereocenters. The lowest BCUT2D eigenvalue weighted by atomic mass is 9.72. The molecule has 0 radical (unpaired) electrons. The summed E-state index contributed by atoms with van der Waals surface area (Å²) in [4.78, 5) is 0. The minimum atomic E-state index is 0.0411. The number of fused-ring (bicyclic) bond motifs is 2. The number of hydrogen-bond acceptors (Lipinski definition) is 2. The first-order chi connectivity index (χ1) is 19.8. The molecule has 0 unspecified atom stereocenters. The Morgan fingerprint density at radius 3 is 1.36 bits per heavy atom. The molecule has 210 valence electrons. The summed E-state index contributed by atoms with van der Waals surface area (Å²) in [6, 6.07) is 22.1. The van der Waals surface area contributed by atoms with E-state index in [1.54, 1.807) is 11.1 Å². The van der Waals surface area contributed by atoms with Crippen LogP contribution in [0.15, 0.2) is 69.5 Å². The first kappa shape index (κ1) is 24.8. The maximum absolute atomic E-state index is 6.65. The molecule has 0 amide bonds. The van der Waals surface area contributed by atoms with Crippen molar-refractivity contribution in [2.24, 2.45) is 0 Å². The predicted octanol–water partition coefficient (Wildman–Crippen LogP) is 11.6. The molecule has 2 heterocycles. The second-order valence-electron chi connectivity index (χ2n) is 15.9. The topological polar surface area (TPSA) is 26.3 Å². The second kappa shape index (κ2) is 7.22. The molecule has 9 rings (SSSR count). The van der Waals surface area contributed by atoms with Gasteiger partial charge >= 0.3 is 0 Å². The normalized spacial score (nSPS) is 20.0. The van der Waals surface area contributed by atoms with E-state index in [0.717, 1.165) is 40.7 Å². The smallest absolute Gasteiger partial charge is 0.139 e. The Morgan fingerprint density at radius 2 is 0.881 bits per heavy atom. The quantitative estimate of drug-likeness (QED) is 0.150. The van der Waals surface area contributed by atoms with Gasteiger partial charge in [0.2, 0.25) is 0 Å². The zero-order valence-corrected chi connectivity index (χ0v) is 26.0. The molecule has 2 aliphatic heterocycles. The van der Waals surface area contributed by atoms with Gasteiger partial charge in [0.25, 0.3) is 0 Å². The Kier molecular flexibility index (Phi) is 4.26. The molecule has 4 aliphatic rings. The van der Waals surface area contributed by atoms with Gasteiger partial charge in [-0.2, -0.15) is 0 Å². The van der Waals surface area contributed by atoms with Crippen LogP contribution in [0.3, 0.4) is 0 Å². The van der Waals surface area contributed by atoms with Gasteiger partial charge in [-0.15, -0.1) is 0 Å². The highest BCUT2D eigenvalue weighted by Gasteiger charge is 2.51. The van der Waals surface area contributed by atoms with Crippen LogP contribution in [0.2, 0.25) is 0 Å². The highest BCUT2D eigenvalue weighted by Crippen LogP contribution is 2.63. The van der Waals surface area contributed by atoms with Crippen LogP contribution in [0.5, 0.6) is 0 Å². The van der Waals surface area contributed by atoms with Gasteiger partial charge in [-0.05, 0) is 103 Å². The maximum atomic E-state index is 6.65. The zero-order chi connectivity index (χ0) is 29.1. The van der Waals surface area contributed by atoms with Crippen LogP contribution < -0.4 is 0 Å². The molecule has 2 heteroatoms. The third kappa shape index (κ3) is 2.82. The Balaban J connectivity index is 1.60. The van der Waals surface area contributed by atoms with E-state index in [1.807, 2.05) is 6.07 Å². The monoisotopic (exact) mass is 550 g/mol. The van der Waals surface area contributed by atoms with Crippen LogP contribution in [-0.2, 0) is 21.7 Å². The molecule has 0 saturated heterocycles. The van der Waals surface area contributed by atoms with Gasteiger partial charge in [-0.3, -0.25) is 0 Å². The Morgan fingerprint density at radius 1 is 0.452 bits per heavy atom. The first-order valence-corrected chi connectivity index (χ1v) is 15.5. The lowest BCUT2D eigenvalue weighted by Crippen LogP contribution is -2.20. The zero-order valence-electron chi connectivity index (χ0n) is 26.0. The third-order valence-electron chi connectivity index (χ3n) is 10.9.